The number of hydrogen-bond acceptors (Lipinski definition) is 4. The molecule has 92 valence electrons. The van der Waals surface area contributed by atoms with Gasteiger partial charge in [-0.05, 0) is 38.4 Å². The van der Waals surface area contributed by atoms with Crippen LogP contribution in [0.25, 0.3) is 0 Å². The molecule has 3 N–H and O–H groups in total. The van der Waals surface area contributed by atoms with E-state index in [4.69, 9.17) is 10.9 Å². The Morgan fingerprint density at radius 1 is 1.65 bits per heavy atom. The lowest BCUT2D eigenvalue weighted by atomic mass is 10.2. The van der Waals surface area contributed by atoms with Crippen molar-refractivity contribution in [2.24, 2.45) is 10.9 Å². The van der Waals surface area contributed by atoms with Crippen molar-refractivity contribution in [1.29, 1.82) is 0 Å². The molecule has 1 saturated heterocycles. The van der Waals surface area contributed by atoms with Gasteiger partial charge in [0, 0.05) is 12.2 Å². The molecule has 1 aromatic heterocycles. The van der Waals surface area contributed by atoms with Gasteiger partial charge >= 0.3 is 0 Å². The average Bonchev–Trinajstić information content (AvgIpc) is 2.76. The first-order valence-electron chi connectivity index (χ1n) is 5.84. The van der Waals surface area contributed by atoms with Crippen molar-refractivity contribution in [3.05, 3.63) is 29.6 Å². The van der Waals surface area contributed by atoms with E-state index < -0.39 is 0 Å². The molecule has 0 amide bonds. The molecule has 0 bridgehead atoms. The quantitative estimate of drug-likeness (QED) is 0.355. The first-order chi connectivity index (χ1) is 8.20. The van der Waals surface area contributed by atoms with Gasteiger partial charge in [-0.1, -0.05) is 11.2 Å². The Balaban J connectivity index is 2.08. The number of rotatable bonds is 3. The summed E-state index contributed by atoms with van der Waals surface area (Å²) in [6, 6.07) is 6.04. The molecule has 0 aliphatic carbocycles. The number of nitrogens with two attached hydrogens (primary N) is 1. The number of nitrogens with zero attached hydrogens (tertiary/aromatic N) is 3. The van der Waals surface area contributed by atoms with E-state index in [2.05, 4.69) is 15.0 Å². The maximum absolute atomic E-state index is 8.74. The van der Waals surface area contributed by atoms with Crippen LogP contribution in [-0.2, 0) is 6.54 Å². The van der Waals surface area contributed by atoms with Crippen LogP contribution in [0.1, 0.15) is 24.2 Å². The molecule has 1 atom stereocenters. The topological polar surface area (TPSA) is 74.7 Å². The third-order valence-electron chi connectivity index (χ3n) is 3.13. The highest BCUT2D eigenvalue weighted by Gasteiger charge is 2.28. The number of aromatic nitrogens is 1. The maximum Gasteiger partial charge on any atom is 0.156 e. The van der Waals surface area contributed by atoms with E-state index in [1.165, 1.54) is 0 Å². The maximum atomic E-state index is 8.74. The third-order valence-corrected chi connectivity index (χ3v) is 3.13. The van der Waals surface area contributed by atoms with Gasteiger partial charge in [0.15, 0.2) is 5.84 Å². The van der Waals surface area contributed by atoms with Crippen LogP contribution in [0.4, 0.5) is 0 Å². The molecule has 0 aromatic carbocycles. The van der Waals surface area contributed by atoms with E-state index in [0.717, 1.165) is 37.3 Å². The Morgan fingerprint density at radius 3 is 3.18 bits per heavy atom. The Labute approximate surface area is 101 Å². The van der Waals surface area contributed by atoms with Crippen LogP contribution in [0.3, 0.4) is 0 Å². The number of aryl methyl sites for hydroxylation is 1. The predicted octanol–water partition coefficient (Wildman–Crippen LogP) is 1.10. The van der Waals surface area contributed by atoms with Gasteiger partial charge in [0.05, 0.1) is 11.7 Å². The molecule has 1 aliphatic rings. The van der Waals surface area contributed by atoms with Crippen molar-refractivity contribution < 1.29 is 5.21 Å². The van der Waals surface area contributed by atoms with Crippen LogP contribution in [-0.4, -0.2) is 33.5 Å². The van der Waals surface area contributed by atoms with Gasteiger partial charge in [-0.15, -0.1) is 0 Å². The second-order valence-corrected chi connectivity index (χ2v) is 4.42. The van der Waals surface area contributed by atoms with Gasteiger partial charge in [0.25, 0.3) is 0 Å². The number of likely N-dealkylation sites (tertiary alicyclic amines) is 1. The second kappa shape index (κ2) is 5.14. The first-order valence-corrected chi connectivity index (χ1v) is 5.84. The van der Waals surface area contributed by atoms with Crippen molar-refractivity contribution in [3.8, 4) is 0 Å². The summed E-state index contributed by atoms with van der Waals surface area (Å²) in [4.78, 5) is 6.68. The zero-order chi connectivity index (χ0) is 12.3. The molecule has 1 fully saturated rings. The van der Waals surface area contributed by atoms with Gasteiger partial charge in [-0.2, -0.15) is 0 Å². The van der Waals surface area contributed by atoms with Crippen LogP contribution in [0.5, 0.6) is 0 Å². The molecule has 2 heterocycles. The Morgan fingerprint density at radius 2 is 2.47 bits per heavy atom. The van der Waals surface area contributed by atoms with Crippen molar-refractivity contribution in [3.63, 3.8) is 0 Å². The molecule has 0 spiro atoms. The van der Waals surface area contributed by atoms with Gasteiger partial charge in [-0.3, -0.25) is 9.88 Å². The second-order valence-electron chi connectivity index (χ2n) is 4.42. The molecule has 0 radical (unpaired) electrons. The standard InChI is InChI=1S/C12H18N4O/c1-9-4-2-5-10(14-9)8-16-7-3-6-11(16)12(13)15-17/h2,4-5,11,17H,3,6-8H2,1H3,(H2,13,15). The lowest BCUT2D eigenvalue weighted by Gasteiger charge is -2.22. The number of amidine groups is 1. The minimum absolute atomic E-state index is 0.0438. The lowest BCUT2D eigenvalue weighted by molar-refractivity contribution is 0.272. The summed E-state index contributed by atoms with van der Waals surface area (Å²) in [6.45, 7) is 3.70. The summed E-state index contributed by atoms with van der Waals surface area (Å²) in [5, 5.41) is 11.9. The van der Waals surface area contributed by atoms with Gasteiger partial charge in [0.2, 0.25) is 0 Å². The highest BCUT2D eigenvalue weighted by Crippen LogP contribution is 2.19. The zero-order valence-corrected chi connectivity index (χ0v) is 10.0. The summed E-state index contributed by atoms with van der Waals surface area (Å²) in [5.41, 5.74) is 7.74. The van der Waals surface area contributed by atoms with E-state index in [-0.39, 0.29) is 6.04 Å². The van der Waals surface area contributed by atoms with Crippen molar-refractivity contribution in [2.45, 2.75) is 32.4 Å². The fourth-order valence-electron chi connectivity index (χ4n) is 2.31. The van der Waals surface area contributed by atoms with Crippen LogP contribution in [0.15, 0.2) is 23.4 Å². The summed E-state index contributed by atoms with van der Waals surface area (Å²) >= 11 is 0. The van der Waals surface area contributed by atoms with E-state index >= 15 is 0 Å². The Bertz CT molecular complexity index is 419. The van der Waals surface area contributed by atoms with E-state index in [9.17, 15) is 0 Å². The predicted molar refractivity (Wildman–Crippen MR) is 65.8 cm³/mol. The minimum atomic E-state index is 0.0438. The minimum Gasteiger partial charge on any atom is -0.409 e. The number of pyridine rings is 1. The third kappa shape index (κ3) is 2.74. The normalized spacial score (nSPS) is 21.9. The van der Waals surface area contributed by atoms with Gasteiger partial charge in [-0.25, -0.2) is 0 Å². The largest absolute Gasteiger partial charge is 0.409 e. The molecule has 1 aliphatic heterocycles. The summed E-state index contributed by atoms with van der Waals surface area (Å²) in [5.74, 6) is 0.301. The molecular formula is C12H18N4O. The fourth-order valence-corrected chi connectivity index (χ4v) is 2.31. The molecule has 2 rings (SSSR count). The van der Waals surface area contributed by atoms with Crippen molar-refractivity contribution in [1.82, 2.24) is 9.88 Å². The van der Waals surface area contributed by atoms with E-state index in [0.29, 0.717) is 5.84 Å². The Hall–Kier alpha value is -1.62. The highest BCUT2D eigenvalue weighted by molar-refractivity contribution is 5.85. The zero-order valence-electron chi connectivity index (χ0n) is 10.0. The number of oxime groups is 1. The molecule has 5 nitrogen and oxygen atoms in total. The molecule has 1 aromatic rings. The van der Waals surface area contributed by atoms with Crippen LogP contribution in [0.2, 0.25) is 0 Å². The van der Waals surface area contributed by atoms with Gasteiger partial charge in [0.1, 0.15) is 0 Å². The smallest absolute Gasteiger partial charge is 0.156 e. The monoisotopic (exact) mass is 234 g/mol. The molecule has 5 heteroatoms. The van der Waals surface area contributed by atoms with Crippen LogP contribution in [0, 0.1) is 6.92 Å². The summed E-state index contributed by atoms with van der Waals surface area (Å²) in [7, 11) is 0. The van der Waals surface area contributed by atoms with E-state index in [1.807, 2.05) is 25.1 Å². The summed E-state index contributed by atoms with van der Waals surface area (Å²) in [6.07, 6.45) is 2.02. The molecule has 0 saturated carbocycles. The number of hydrogen-bond donors (Lipinski definition) is 2. The van der Waals surface area contributed by atoms with Crippen LogP contribution >= 0.6 is 0 Å². The van der Waals surface area contributed by atoms with Crippen molar-refractivity contribution >= 4 is 5.84 Å². The Kier molecular flexibility index (Phi) is 3.58. The molecule has 17 heavy (non-hydrogen) atoms. The van der Waals surface area contributed by atoms with Crippen molar-refractivity contribution in [2.75, 3.05) is 6.54 Å². The summed E-state index contributed by atoms with van der Waals surface area (Å²) < 4.78 is 0. The molecular weight excluding hydrogens is 216 g/mol. The van der Waals surface area contributed by atoms with Gasteiger partial charge < -0.3 is 10.9 Å². The van der Waals surface area contributed by atoms with Crippen LogP contribution < -0.4 is 5.73 Å². The average molecular weight is 234 g/mol. The SMILES string of the molecule is Cc1cccc(CN2CCCC2C(N)=NO)n1. The first kappa shape index (κ1) is 11.9. The highest BCUT2D eigenvalue weighted by atomic mass is 16.4. The lowest BCUT2D eigenvalue weighted by Crippen LogP contribution is -2.40. The molecule has 1 unspecified atom stereocenters. The fraction of sp³-hybridized carbons (Fsp3) is 0.500. The van der Waals surface area contributed by atoms with E-state index in [1.54, 1.807) is 0 Å².